The van der Waals surface area contributed by atoms with Crippen molar-refractivity contribution < 1.29 is 34.4 Å². The first-order chi connectivity index (χ1) is 16.1. The molecule has 2 atom stereocenters. The molecule has 1 aliphatic rings. The predicted octanol–water partition coefficient (Wildman–Crippen LogP) is 1.59. The van der Waals surface area contributed by atoms with Crippen molar-refractivity contribution in [3.8, 4) is 5.75 Å². The summed E-state index contributed by atoms with van der Waals surface area (Å²) in [7, 11) is 0. The number of nitrogens with one attached hydrogen (secondary N) is 2. The van der Waals surface area contributed by atoms with Crippen LogP contribution in [0, 0.1) is 0 Å². The van der Waals surface area contributed by atoms with Crippen LogP contribution in [0.1, 0.15) is 64.5 Å². The van der Waals surface area contributed by atoms with Gasteiger partial charge in [-0.25, -0.2) is 4.79 Å². The number of benzene rings is 1. The van der Waals surface area contributed by atoms with E-state index in [4.69, 9.17) is 4.74 Å². The fourth-order valence-corrected chi connectivity index (χ4v) is 4.01. The molecule has 1 saturated carbocycles. The second kappa shape index (κ2) is 12.6. The fourth-order valence-electron chi connectivity index (χ4n) is 4.01. The third-order valence-electron chi connectivity index (χ3n) is 5.54. The van der Waals surface area contributed by atoms with E-state index in [1.165, 1.54) is 12.1 Å². The van der Waals surface area contributed by atoms with Crippen molar-refractivity contribution in [3.63, 3.8) is 0 Å². The Kier molecular flexibility index (Phi) is 10.1. The van der Waals surface area contributed by atoms with Crippen LogP contribution in [-0.2, 0) is 14.3 Å². The SMILES string of the molecule is CC(C)(C)OC(=O)NC(CO)C(=O)N(CCO)C(C(=O)NC1CCCCC1)c1ccccc1O. The number of para-hydroxylation sites is 1. The molecule has 2 unspecified atom stereocenters. The number of hydrogen-bond acceptors (Lipinski definition) is 7. The van der Waals surface area contributed by atoms with Gasteiger partial charge in [0.05, 0.1) is 13.2 Å². The summed E-state index contributed by atoms with van der Waals surface area (Å²) in [5.74, 6) is -1.50. The van der Waals surface area contributed by atoms with Gasteiger partial charge in [-0.1, -0.05) is 37.5 Å². The number of aromatic hydroxyl groups is 1. The van der Waals surface area contributed by atoms with Gasteiger partial charge in [0.2, 0.25) is 11.8 Å². The largest absolute Gasteiger partial charge is 0.508 e. The summed E-state index contributed by atoms with van der Waals surface area (Å²) in [6, 6.07) is 3.38. The Hall–Kier alpha value is -2.85. The van der Waals surface area contributed by atoms with Gasteiger partial charge >= 0.3 is 6.09 Å². The smallest absolute Gasteiger partial charge is 0.408 e. The van der Waals surface area contributed by atoms with E-state index in [2.05, 4.69) is 10.6 Å². The quantitative estimate of drug-likeness (QED) is 0.361. The minimum absolute atomic E-state index is 0.0609. The van der Waals surface area contributed by atoms with Gasteiger partial charge in [0, 0.05) is 18.2 Å². The van der Waals surface area contributed by atoms with Crippen LogP contribution < -0.4 is 10.6 Å². The molecule has 1 fully saturated rings. The fraction of sp³-hybridized carbons (Fsp3) is 0.625. The molecule has 34 heavy (non-hydrogen) atoms. The molecular formula is C24H37N3O7. The molecule has 1 aliphatic carbocycles. The third-order valence-corrected chi connectivity index (χ3v) is 5.54. The van der Waals surface area contributed by atoms with Crippen LogP contribution in [0.2, 0.25) is 0 Å². The molecule has 0 radical (unpaired) electrons. The summed E-state index contributed by atoms with van der Waals surface area (Å²) in [6.07, 6.45) is 3.78. The Labute approximate surface area is 200 Å². The molecule has 3 amide bonds. The summed E-state index contributed by atoms with van der Waals surface area (Å²) >= 11 is 0. The standard InChI is InChI=1S/C24H37N3O7/c1-24(2,3)34-23(33)26-18(15-29)22(32)27(13-14-28)20(17-11-7-8-12-19(17)30)21(31)25-16-9-5-4-6-10-16/h7-8,11-12,16,18,20,28-30H,4-6,9-10,13-15H2,1-3H3,(H,25,31)(H,26,33). The number of rotatable bonds is 9. The monoisotopic (exact) mass is 479 g/mol. The number of carbonyl (C=O) groups excluding carboxylic acids is 3. The Morgan fingerprint density at radius 3 is 2.32 bits per heavy atom. The van der Waals surface area contributed by atoms with Gasteiger partial charge in [0.25, 0.3) is 0 Å². The number of phenols is 1. The molecule has 1 aromatic carbocycles. The van der Waals surface area contributed by atoms with Gasteiger partial charge in [-0.05, 0) is 39.7 Å². The summed E-state index contributed by atoms with van der Waals surface area (Å²) < 4.78 is 5.17. The lowest BCUT2D eigenvalue weighted by Gasteiger charge is -2.35. The number of amides is 3. The minimum Gasteiger partial charge on any atom is -0.508 e. The topological polar surface area (TPSA) is 148 Å². The average Bonchev–Trinajstić information content (AvgIpc) is 2.77. The molecule has 5 N–H and O–H groups in total. The third kappa shape index (κ3) is 7.88. The molecule has 0 spiro atoms. The van der Waals surface area contributed by atoms with Crippen LogP contribution in [0.3, 0.4) is 0 Å². The zero-order valence-electron chi connectivity index (χ0n) is 20.1. The zero-order valence-corrected chi connectivity index (χ0v) is 20.1. The summed E-state index contributed by atoms with van der Waals surface area (Å²) in [6.45, 7) is 3.48. The lowest BCUT2D eigenvalue weighted by Crippen LogP contribution is -2.55. The Balaban J connectivity index is 2.36. The Morgan fingerprint density at radius 2 is 1.76 bits per heavy atom. The van der Waals surface area contributed by atoms with Crippen LogP contribution in [0.15, 0.2) is 24.3 Å². The molecule has 0 aromatic heterocycles. The molecule has 190 valence electrons. The molecule has 0 aliphatic heterocycles. The molecule has 0 saturated heterocycles. The lowest BCUT2D eigenvalue weighted by molar-refractivity contribution is -0.144. The zero-order chi connectivity index (χ0) is 25.3. The number of nitrogens with zero attached hydrogens (tertiary/aromatic N) is 1. The first-order valence-corrected chi connectivity index (χ1v) is 11.7. The van der Waals surface area contributed by atoms with Crippen molar-refractivity contribution in [2.45, 2.75) is 76.6 Å². The van der Waals surface area contributed by atoms with Gasteiger partial charge in [-0.15, -0.1) is 0 Å². The van der Waals surface area contributed by atoms with Crippen molar-refractivity contribution in [3.05, 3.63) is 29.8 Å². The van der Waals surface area contributed by atoms with E-state index in [1.54, 1.807) is 32.9 Å². The van der Waals surface area contributed by atoms with Crippen molar-refractivity contribution in [2.75, 3.05) is 19.8 Å². The highest BCUT2D eigenvalue weighted by molar-refractivity contribution is 5.92. The first-order valence-electron chi connectivity index (χ1n) is 11.7. The van der Waals surface area contributed by atoms with E-state index in [0.29, 0.717) is 0 Å². The van der Waals surface area contributed by atoms with Crippen LogP contribution in [0.4, 0.5) is 4.79 Å². The Morgan fingerprint density at radius 1 is 1.12 bits per heavy atom. The van der Waals surface area contributed by atoms with Gasteiger partial charge in [0.15, 0.2) is 0 Å². The van der Waals surface area contributed by atoms with Crippen molar-refractivity contribution in [1.82, 2.24) is 15.5 Å². The second-order valence-corrected chi connectivity index (χ2v) is 9.44. The van der Waals surface area contributed by atoms with E-state index >= 15 is 0 Å². The molecule has 1 aromatic rings. The minimum atomic E-state index is -1.42. The van der Waals surface area contributed by atoms with Crippen LogP contribution in [-0.4, -0.2) is 75.6 Å². The second-order valence-electron chi connectivity index (χ2n) is 9.44. The van der Waals surface area contributed by atoms with Gasteiger partial charge in [-0.2, -0.15) is 0 Å². The number of ether oxygens (including phenoxy) is 1. The van der Waals surface area contributed by atoms with E-state index in [1.807, 2.05) is 0 Å². The summed E-state index contributed by atoms with van der Waals surface area (Å²) in [5.41, 5.74) is -0.650. The van der Waals surface area contributed by atoms with Crippen LogP contribution >= 0.6 is 0 Å². The maximum absolute atomic E-state index is 13.4. The highest BCUT2D eigenvalue weighted by Gasteiger charge is 2.37. The number of aliphatic hydroxyl groups is 2. The maximum atomic E-state index is 13.4. The van der Waals surface area contributed by atoms with E-state index in [0.717, 1.165) is 37.0 Å². The predicted molar refractivity (Wildman–Crippen MR) is 125 cm³/mol. The maximum Gasteiger partial charge on any atom is 0.408 e. The Bertz CT molecular complexity index is 834. The molecule has 0 heterocycles. The average molecular weight is 480 g/mol. The van der Waals surface area contributed by atoms with E-state index in [9.17, 15) is 29.7 Å². The molecular weight excluding hydrogens is 442 g/mol. The molecule has 10 heteroatoms. The van der Waals surface area contributed by atoms with E-state index in [-0.39, 0.29) is 23.9 Å². The molecule has 2 rings (SSSR count). The summed E-state index contributed by atoms with van der Waals surface area (Å²) in [4.78, 5) is 40.1. The number of phenolic OH excluding ortho intramolecular Hbond substituents is 1. The van der Waals surface area contributed by atoms with E-state index < -0.39 is 48.8 Å². The van der Waals surface area contributed by atoms with Crippen molar-refractivity contribution in [2.24, 2.45) is 0 Å². The highest BCUT2D eigenvalue weighted by atomic mass is 16.6. The lowest BCUT2D eigenvalue weighted by atomic mass is 9.94. The van der Waals surface area contributed by atoms with Crippen molar-refractivity contribution >= 4 is 17.9 Å². The number of carbonyl (C=O) groups is 3. The summed E-state index contributed by atoms with van der Waals surface area (Å²) in [5, 5.41) is 35.3. The van der Waals surface area contributed by atoms with Gasteiger partial charge in [-0.3, -0.25) is 9.59 Å². The molecule has 10 nitrogen and oxygen atoms in total. The van der Waals surface area contributed by atoms with Crippen LogP contribution in [0.5, 0.6) is 5.75 Å². The van der Waals surface area contributed by atoms with Crippen molar-refractivity contribution in [1.29, 1.82) is 0 Å². The highest BCUT2D eigenvalue weighted by Crippen LogP contribution is 2.30. The molecule has 0 bridgehead atoms. The first kappa shape index (κ1) is 27.4. The normalized spacial score (nSPS) is 16.3. The van der Waals surface area contributed by atoms with Gasteiger partial charge < -0.3 is 35.6 Å². The number of alkyl carbamates (subject to hydrolysis) is 1. The van der Waals surface area contributed by atoms with Gasteiger partial charge in [0.1, 0.15) is 23.4 Å². The number of aliphatic hydroxyl groups excluding tert-OH is 2. The van der Waals surface area contributed by atoms with Crippen LogP contribution in [0.25, 0.3) is 0 Å². The number of hydrogen-bond donors (Lipinski definition) is 5.